The lowest BCUT2D eigenvalue weighted by Gasteiger charge is -2.37. The van der Waals surface area contributed by atoms with Crippen LogP contribution in [0.25, 0.3) is 0 Å². The number of benzene rings is 2. The number of unbranched alkanes of at least 4 members (excludes halogenated alkanes) is 1. The lowest BCUT2D eigenvalue weighted by atomic mass is 9.73. The van der Waals surface area contributed by atoms with Crippen LogP contribution in [0.3, 0.4) is 0 Å². The van der Waals surface area contributed by atoms with Crippen molar-refractivity contribution in [2.24, 2.45) is 5.41 Å². The maximum absolute atomic E-state index is 13.6. The SMILES string of the molecule is CCCCC(=O)N1c2ccccc2NC2=C(C(=O)CC(C)(C)C2)C1c1ccc(Cl)cc1Cl. The van der Waals surface area contributed by atoms with Gasteiger partial charge in [-0.3, -0.25) is 14.5 Å². The van der Waals surface area contributed by atoms with Crippen LogP contribution < -0.4 is 10.2 Å². The van der Waals surface area contributed by atoms with Crippen molar-refractivity contribution in [3.63, 3.8) is 0 Å². The number of hydrogen-bond donors (Lipinski definition) is 1. The number of anilines is 2. The van der Waals surface area contributed by atoms with Crippen LogP contribution in [0.1, 0.15) is 64.5 Å². The smallest absolute Gasteiger partial charge is 0.227 e. The van der Waals surface area contributed by atoms with E-state index in [-0.39, 0.29) is 17.1 Å². The molecule has 1 unspecified atom stereocenters. The molecule has 1 aliphatic heterocycles. The summed E-state index contributed by atoms with van der Waals surface area (Å²) in [6, 6.07) is 12.4. The highest BCUT2D eigenvalue weighted by molar-refractivity contribution is 6.35. The van der Waals surface area contributed by atoms with Crippen molar-refractivity contribution in [2.45, 2.75) is 58.9 Å². The van der Waals surface area contributed by atoms with E-state index >= 15 is 0 Å². The Labute approximate surface area is 199 Å². The molecule has 1 atom stereocenters. The van der Waals surface area contributed by atoms with Crippen LogP contribution in [0.5, 0.6) is 0 Å². The summed E-state index contributed by atoms with van der Waals surface area (Å²) < 4.78 is 0. The number of allylic oxidation sites excluding steroid dienone is 1. The summed E-state index contributed by atoms with van der Waals surface area (Å²) in [6.07, 6.45) is 3.21. The zero-order chi connectivity index (χ0) is 23.0. The summed E-state index contributed by atoms with van der Waals surface area (Å²) in [6.45, 7) is 6.26. The Morgan fingerprint density at radius 2 is 1.91 bits per heavy atom. The monoisotopic (exact) mass is 470 g/mol. The number of halogens is 2. The number of nitrogens with one attached hydrogen (secondary N) is 1. The molecule has 0 radical (unpaired) electrons. The second-order valence-electron chi connectivity index (χ2n) is 9.41. The summed E-state index contributed by atoms with van der Waals surface area (Å²) in [5.74, 6) is 0.0179. The topological polar surface area (TPSA) is 49.4 Å². The molecule has 0 bridgehead atoms. The van der Waals surface area contributed by atoms with Crippen molar-refractivity contribution >= 4 is 46.3 Å². The average Bonchev–Trinajstić information content (AvgIpc) is 2.85. The summed E-state index contributed by atoms with van der Waals surface area (Å²) >= 11 is 12.9. The molecule has 2 aliphatic rings. The predicted octanol–water partition coefficient (Wildman–Crippen LogP) is 7.33. The van der Waals surface area contributed by atoms with Gasteiger partial charge in [-0.05, 0) is 48.1 Å². The van der Waals surface area contributed by atoms with Gasteiger partial charge in [-0.15, -0.1) is 0 Å². The summed E-state index contributed by atoms with van der Waals surface area (Å²) in [7, 11) is 0. The fourth-order valence-electron chi connectivity index (χ4n) is 4.73. The maximum atomic E-state index is 13.6. The van der Waals surface area contributed by atoms with Gasteiger partial charge in [0.15, 0.2) is 5.78 Å². The number of nitrogens with zero attached hydrogens (tertiary/aromatic N) is 1. The predicted molar refractivity (Wildman–Crippen MR) is 131 cm³/mol. The van der Waals surface area contributed by atoms with Gasteiger partial charge in [0.25, 0.3) is 0 Å². The molecule has 4 nitrogen and oxygen atoms in total. The Balaban J connectivity index is 2.00. The van der Waals surface area contributed by atoms with E-state index in [1.807, 2.05) is 30.3 Å². The van der Waals surface area contributed by atoms with Crippen molar-refractivity contribution < 1.29 is 9.59 Å². The van der Waals surface area contributed by atoms with Gasteiger partial charge in [-0.2, -0.15) is 0 Å². The highest BCUT2D eigenvalue weighted by Crippen LogP contribution is 2.49. The molecule has 32 heavy (non-hydrogen) atoms. The number of hydrogen-bond acceptors (Lipinski definition) is 3. The second-order valence-corrected chi connectivity index (χ2v) is 10.3. The van der Waals surface area contributed by atoms with Crippen LogP contribution in [0.4, 0.5) is 11.4 Å². The molecule has 1 aliphatic carbocycles. The van der Waals surface area contributed by atoms with Gasteiger partial charge in [0.1, 0.15) is 0 Å². The molecule has 4 rings (SSSR count). The van der Waals surface area contributed by atoms with Crippen molar-refractivity contribution in [3.05, 3.63) is 69.3 Å². The molecule has 2 aromatic carbocycles. The first-order valence-corrected chi connectivity index (χ1v) is 11.9. The molecule has 0 fully saturated rings. The molecule has 1 heterocycles. The van der Waals surface area contributed by atoms with E-state index in [0.717, 1.165) is 29.9 Å². The number of carbonyl (C=O) groups excluding carboxylic acids is 2. The molecule has 1 amide bonds. The third-order valence-electron chi connectivity index (χ3n) is 6.17. The molecule has 2 aromatic rings. The highest BCUT2D eigenvalue weighted by atomic mass is 35.5. The summed E-state index contributed by atoms with van der Waals surface area (Å²) in [4.78, 5) is 29.0. The quantitative estimate of drug-likeness (QED) is 0.508. The first-order chi connectivity index (χ1) is 15.2. The van der Waals surface area contributed by atoms with Crippen molar-refractivity contribution in [1.82, 2.24) is 0 Å². The number of amides is 1. The zero-order valence-corrected chi connectivity index (χ0v) is 20.2. The van der Waals surface area contributed by atoms with Gasteiger partial charge in [0.2, 0.25) is 5.91 Å². The molecule has 0 spiro atoms. The lowest BCUT2D eigenvalue weighted by Crippen LogP contribution is -2.39. The molecular formula is C26H28Cl2N2O2. The number of rotatable bonds is 4. The van der Waals surface area contributed by atoms with Gasteiger partial charge in [-0.25, -0.2) is 0 Å². The van der Waals surface area contributed by atoms with E-state index in [1.165, 1.54) is 0 Å². The van der Waals surface area contributed by atoms with Crippen LogP contribution in [0, 0.1) is 5.41 Å². The lowest BCUT2D eigenvalue weighted by molar-refractivity contribution is -0.119. The first-order valence-electron chi connectivity index (χ1n) is 11.1. The van der Waals surface area contributed by atoms with Crippen LogP contribution >= 0.6 is 23.2 Å². The highest BCUT2D eigenvalue weighted by Gasteiger charge is 2.43. The van der Waals surface area contributed by atoms with Gasteiger partial charge < -0.3 is 5.32 Å². The second kappa shape index (κ2) is 8.92. The van der Waals surface area contributed by atoms with Gasteiger partial charge in [0.05, 0.1) is 17.4 Å². The third kappa shape index (κ3) is 4.31. The van der Waals surface area contributed by atoms with E-state index in [9.17, 15) is 9.59 Å². The van der Waals surface area contributed by atoms with E-state index in [1.54, 1.807) is 17.0 Å². The third-order valence-corrected chi connectivity index (χ3v) is 6.73. The molecule has 168 valence electrons. The molecule has 1 N–H and O–H groups in total. The van der Waals surface area contributed by atoms with Crippen LogP contribution in [0.15, 0.2) is 53.7 Å². The van der Waals surface area contributed by atoms with Crippen LogP contribution in [0.2, 0.25) is 10.0 Å². The fraction of sp³-hybridized carbons (Fsp3) is 0.385. The Kier molecular flexibility index (Phi) is 6.37. The normalized spacial score (nSPS) is 19.7. The minimum atomic E-state index is -0.612. The van der Waals surface area contributed by atoms with E-state index in [0.29, 0.717) is 40.4 Å². The number of carbonyl (C=O) groups is 2. The minimum absolute atomic E-state index is 0.0245. The Bertz CT molecular complexity index is 1110. The molecular weight excluding hydrogens is 443 g/mol. The van der Waals surface area contributed by atoms with E-state index in [4.69, 9.17) is 23.2 Å². The zero-order valence-electron chi connectivity index (χ0n) is 18.7. The first kappa shape index (κ1) is 22.9. The van der Waals surface area contributed by atoms with Gasteiger partial charge in [0, 0.05) is 34.2 Å². The van der Waals surface area contributed by atoms with Crippen LogP contribution in [-0.2, 0) is 9.59 Å². The average molecular weight is 471 g/mol. The molecule has 0 aromatic heterocycles. The number of fused-ring (bicyclic) bond motifs is 1. The molecule has 0 saturated heterocycles. The number of para-hydroxylation sites is 2. The summed E-state index contributed by atoms with van der Waals surface area (Å²) in [5, 5.41) is 4.47. The van der Waals surface area contributed by atoms with Crippen molar-refractivity contribution in [3.8, 4) is 0 Å². The Morgan fingerprint density at radius 1 is 1.16 bits per heavy atom. The van der Waals surface area contributed by atoms with E-state index in [2.05, 4.69) is 26.1 Å². The molecule has 6 heteroatoms. The largest absolute Gasteiger partial charge is 0.357 e. The van der Waals surface area contributed by atoms with Crippen molar-refractivity contribution in [2.75, 3.05) is 10.2 Å². The van der Waals surface area contributed by atoms with Crippen molar-refractivity contribution in [1.29, 1.82) is 0 Å². The summed E-state index contributed by atoms with van der Waals surface area (Å²) in [5.41, 5.74) is 3.59. The maximum Gasteiger partial charge on any atom is 0.227 e. The fourth-order valence-corrected chi connectivity index (χ4v) is 5.24. The van der Waals surface area contributed by atoms with Crippen LogP contribution in [-0.4, -0.2) is 11.7 Å². The minimum Gasteiger partial charge on any atom is -0.357 e. The van der Waals surface area contributed by atoms with Gasteiger partial charge in [-0.1, -0.05) is 68.6 Å². The Hall–Kier alpha value is -2.30. The van der Waals surface area contributed by atoms with Gasteiger partial charge >= 0.3 is 0 Å². The number of ketones is 1. The Morgan fingerprint density at radius 3 is 2.62 bits per heavy atom. The standard InChI is InChI=1S/C26H28Cl2N2O2/c1-4-5-10-23(32)30-21-9-7-6-8-19(21)29-20-14-26(2,3)15-22(31)24(20)25(30)17-12-11-16(27)13-18(17)28/h6-9,11-13,25,29H,4-5,10,14-15H2,1-3H3. The molecule has 0 saturated carbocycles. The van der Waals surface area contributed by atoms with E-state index < -0.39 is 6.04 Å². The number of Topliss-reactive ketones (excluding diaryl/α,β-unsaturated/α-hetero) is 1.